The molecule has 22 heavy (non-hydrogen) atoms. The highest BCUT2D eigenvalue weighted by molar-refractivity contribution is 5.75. The number of aromatic nitrogens is 3. The van der Waals surface area contributed by atoms with Crippen LogP contribution >= 0.6 is 0 Å². The zero-order chi connectivity index (χ0) is 15.4. The maximum absolute atomic E-state index is 4.54. The molecule has 0 radical (unpaired) electrons. The van der Waals surface area contributed by atoms with E-state index in [9.17, 15) is 0 Å². The van der Waals surface area contributed by atoms with Gasteiger partial charge in [0.25, 0.3) is 0 Å². The van der Waals surface area contributed by atoms with Crippen molar-refractivity contribution in [1.82, 2.24) is 15.0 Å². The van der Waals surface area contributed by atoms with Gasteiger partial charge in [-0.3, -0.25) is 0 Å². The lowest BCUT2D eigenvalue weighted by atomic mass is 10.2. The van der Waals surface area contributed by atoms with Crippen LogP contribution in [-0.4, -0.2) is 21.5 Å². The summed E-state index contributed by atoms with van der Waals surface area (Å²) in [6.07, 6.45) is 1.75. The lowest BCUT2D eigenvalue weighted by Crippen LogP contribution is -2.20. The van der Waals surface area contributed by atoms with Crippen LogP contribution in [0.3, 0.4) is 0 Å². The molecule has 0 aliphatic carbocycles. The van der Waals surface area contributed by atoms with Gasteiger partial charge in [0.15, 0.2) is 0 Å². The smallest absolute Gasteiger partial charge is 0.129 e. The molecule has 0 fully saturated rings. The Bertz CT molecular complexity index is 747. The third-order valence-electron chi connectivity index (χ3n) is 3.48. The number of anilines is 1. The average molecular weight is 290 g/mol. The van der Waals surface area contributed by atoms with Crippen LogP contribution in [-0.2, 0) is 0 Å². The van der Waals surface area contributed by atoms with E-state index in [-0.39, 0.29) is 0 Å². The van der Waals surface area contributed by atoms with Crippen molar-refractivity contribution in [2.24, 2.45) is 0 Å². The second-order valence-electron chi connectivity index (χ2n) is 4.88. The molecule has 0 aliphatic heterocycles. The average Bonchev–Trinajstić information content (AvgIpc) is 3.07. The van der Waals surface area contributed by atoms with Crippen LogP contribution in [0.5, 0.6) is 0 Å². The molecule has 0 bridgehead atoms. The lowest BCUT2D eigenvalue weighted by molar-refractivity contribution is 0.748. The molecule has 4 nitrogen and oxygen atoms in total. The van der Waals surface area contributed by atoms with Crippen molar-refractivity contribution in [1.29, 1.82) is 0 Å². The van der Waals surface area contributed by atoms with Crippen LogP contribution < -0.4 is 4.90 Å². The number of para-hydroxylation sites is 2. The first-order chi connectivity index (χ1) is 10.8. The molecule has 1 aromatic heterocycles. The minimum absolute atomic E-state index is 0.773. The molecule has 0 aliphatic rings. The predicted molar refractivity (Wildman–Crippen MR) is 89.9 cm³/mol. The zero-order valence-corrected chi connectivity index (χ0v) is 12.6. The van der Waals surface area contributed by atoms with Crippen molar-refractivity contribution in [2.45, 2.75) is 6.92 Å². The van der Waals surface area contributed by atoms with Crippen molar-refractivity contribution in [3.8, 4) is 5.69 Å². The van der Waals surface area contributed by atoms with Crippen molar-refractivity contribution in [3.63, 3.8) is 0 Å². The zero-order valence-electron chi connectivity index (χ0n) is 12.6. The standard InChI is InChI=1S/C18H18N4/c1-3-21(16-10-6-4-7-11-16)15(2)18-14-19-22(20-18)17-12-8-5-9-13-17/h4-14H,2-3H2,1H3. The van der Waals surface area contributed by atoms with Crippen LogP contribution in [0.4, 0.5) is 5.69 Å². The van der Waals surface area contributed by atoms with Crippen LogP contribution in [0.1, 0.15) is 12.6 Å². The van der Waals surface area contributed by atoms with E-state index in [1.807, 2.05) is 48.5 Å². The van der Waals surface area contributed by atoms with E-state index < -0.39 is 0 Å². The van der Waals surface area contributed by atoms with E-state index in [1.54, 1.807) is 11.0 Å². The maximum atomic E-state index is 4.54. The Labute approximate surface area is 130 Å². The van der Waals surface area contributed by atoms with Crippen LogP contribution in [0.2, 0.25) is 0 Å². The Morgan fingerprint density at radius 3 is 2.32 bits per heavy atom. The topological polar surface area (TPSA) is 34.0 Å². The molecule has 3 aromatic rings. The molecule has 0 spiro atoms. The van der Waals surface area contributed by atoms with E-state index in [0.29, 0.717) is 0 Å². The second-order valence-corrected chi connectivity index (χ2v) is 4.88. The van der Waals surface area contributed by atoms with E-state index in [1.165, 1.54) is 0 Å². The van der Waals surface area contributed by atoms with Gasteiger partial charge in [0, 0.05) is 12.2 Å². The molecule has 2 aromatic carbocycles. The normalized spacial score (nSPS) is 10.4. The van der Waals surface area contributed by atoms with E-state index in [0.717, 1.165) is 29.3 Å². The van der Waals surface area contributed by atoms with Crippen LogP contribution in [0.15, 0.2) is 73.4 Å². The molecule has 0 amide bonds. The number of nitrogens with zero attached hydrogens (tertiary/aromatic N) is 4. The van der Waals surface area contributed by atoms with Gasteiger partial charge in [-0.15, -0.1) is 5.10 Å². The monoisotopic (exact) mass is 290 g/mol. The molecular formula is C18H18N4. The quantitative estimate of drug-likeness (QED) is 0.717. The summed E-state index contributed by atoms with van der Waals surface area (Å²) in [5, 5.41) is 8.88. The van der Waals surface area contributed by atoms with E-state index in [2.05, 4.69) is 40.7 Å². The highest BCUT2D eigenvalue weighted by Crippen LogP contribution is 2.23. The largest absolute Gasteiger partial charge is 0.340 e. The first-order valence-corrected chi connectivity index (χ1v) is 7.29. The van der Waals surface area contributed by atoms with Gasteiger partial charge in [-0.05, 0) is 31.2 Å². The molecule has 110 valence electrons. The third kappa shape index (κ3) is 2.76. The summed E-state index contributed by atoms with van der Waals surface area (Å²) in [5.41, 5.74) is 3.65. The van der Waals surface area contributed by atoms with Gasteiger partial charge in [0.05, 0.1) is 17.6 Å². The minimum Gasteiger partial charge on any atom is -0.340 e. The first kappa shape index (κ1) is 14.1. The summed E-state index contributed by atoms with van der Waals surface area (Å²) in [5.74, 6) is 0. The van der Waals surface area contributed by atoms with Crippen molar-refractivity contribution in [3.05, 3.63) is 79.1 Å². The minimum atomic E-state index is 0.773. The lowest BCUT2D eigenvalue weighted by Gasteiger charge is -2.23. The number of benzene rings is 2. The predicted octanol–water partition coefficient (Wildman–Crippen LogP) is 3.76. The Morgan fingerprint density at radius 2 is 1.68 bits per heavy atom. The summed E-state index contributed by atoms with van der Waals surface area (Å²) in [6.45, 7) is 7.11. The molecule has 4 heteroatoms. The van der Waals surface area contributed by atoms with Crippen molar-refractivity contribution < 1.29 is 0 Å². The van der Waals surface area contributed by atoms with E-state index >= 15 is 0 Å². The van der Waals surface area contributed by atoms with Gasteiger partial charge in [0.1, 0.15) is 5.69 Å². The Hall–Kier alpha value is -2.88. The fourth-order valence-electron chi connectivity index (χ4n) is 2.36. The first-order valence-electron chi connectivity index (χ1n) is 7.29. The van der Waals surface area contributed by atoms with Crippen molar-refractivity contribution >= 4 is 11.4 Å². The van der Waals surface area contributed by atoms with Gasteiger partial charge in [-0.1, -0.05) is 43.0 Å². The van der Waals surface area contributed by atoms with Gasteiger partial charge < -0.3 is 4.90 Å². The van der Waals surface area contributed by atoms with Crippen LogP contribution in [0, 0.1) is 0 Å². The molecule has 0 unspecified atom stereocenters. The maximum Gasteiger partial charge on any atom is 0.129 e. The summed E-state index contributed by atoms with van der Waals surface area (Å²) in [6, 6.07) is 20.0. The number of hydrogen-bond donors (Lipinski definition) is 0. The molecule has 0 atom stereocenters. The summed E-state index contributed by atoms with van der Waals surface area (Å²) >= 11 is 0. The number of rotatable bonds is 5. The van der Waals surface area contributed by atoms with Gasteiger partial charge in [-0.2, -0.15) is 9.90 Å². The molecule has 0 saturated heterocycles. The highest BCUT2D eigenvalue weighted by atomic mass is 15.5. The van der Waals surface area contributed by atoms with Gasteiger partial charge >= 0.3 is 0 Å². The molecule has 3 rings (SSSR count). The fourth-order valence-corrected chi connectivity index (χ4v) is 2.36. The molecule has 0 N–H and O–H groups in total. The van der Waals surface area contributed by atoms with E-state index in [4.69, 9.17) is 0 Å². The highest BCUT2D eigenvalue weighted by Gasteiger charge is 2.13. The summed E-state index contributed by atoms with van der Waals surface area (Å²) in [7, 11) is 0. The summed E-state index contributed by atoms with van der Waals surface area (Å²) < 4.78 is 0. The Morgan fingerprint density at radius 1 is 1.05 bits per heavy atom. The SMILES string of the molecule is C=C(c1cnn(-c2ccccc2)n1)N(CC)c1ccccc1. The Balaban J connectivity index is 1.88. The van der Waals surface area contributed by atoms with Gasteiger partial charge in [-0.25, -0.2) is 0 Å². The summed E-state index contributed by atoms with van der Waals surface area (Å²) in [4.78, 5) is 3.75. The third-order valence-corrected chi connectivity index (χ3v) is 3.48. The van der Waals surface area contributed by atoms with Gasteiger partial charge in [0.2, 0.25) is 0 Å². The molecular weight excluding hydrogens is 272 g/mol. The Kier molecular flexibility index (Phi) is 4.01. The number of hydrogen-bond acceptors (Lipinski definition) is 3. The second kappa shape index (κ2) is 6.26. The van der Waals surface area contributed by atoms with Crippen molar-refractivity contribution in [2.75, 3.05) is 11.4 Å². The fraction of sp³-hybridized carbons (Fsp3) is 0.111. The molecule has 1 heterocycles. The van der Waals surface area contributed by atoms with Crippen LogP contribution in [0.25, 0.3) is 11.4 Å². The molecule has 0 saturated carbocycles.